The fourth-order valence-electron chi connectivity index (χ4n) is 0.843. The molecule has 0 aliphatic heterocycles. The summed E-state index contributed by atoms with van der Waals surface area (Å²) in [5, 5.41) is 10.6. The van der Waals surface area contributed by atoms with Gasteiger partial charge in [0.05, 0.1) is 5.56 Å². The third-order valence-corrected chi connectivity index (χ3v) is 1.49. The van der Waals surface area contributed by atoms with Crippen molar-refractivity contribution in [3.05, 3.63) is 29.3 Å². The van der Waals surface area contributed by atoms with Gasteiger partial charge in [0.2, 0.25) is 5.95 Å². The Balaban J connectivity index is 3.29. The van der Waals surface area contributed by atoms with Crippen molar-refractivity contribution in [1.29, 1.82) is 0 Å². The van der Waals surface area contributed by atoms with E-state index in [1.54, 1.807) is 0 Å². The number of alkyl halides is 3. The van der Waals surface area contributed by atoms with Crippen molar-refractivity contribution < 1.29 is 22.8 Å². The number of hydrogen-bond acceptors (Lipinski definition) is 3. The number of nitrogens with two attached hydrogens (primary N) is 1. The summed E-state index contributed by atoms with van der Waals surface area (Å²) in [5.74, 6) is -2.05. The molecule has 1 aromatic heterocycles. The number of halogens is 4. The van der Waals surface area contributed by atoms with Gasteiger partial charge in [-0.15, -0.1) is 0 Å². The monoisotopic (exact) mass is 223 g/mol. The zero-order valence-electron chi connectivity index (χ0n) is 7.09. The second-order valence-electron chi connectivity index (χ2n) is 2.55. The molecule has 4 nitrogen and oxygen atoms in total. The molecular weight excluding hydrogens is 218 g/mol. The first-order valence-corrected chi connectivity index (χ1v) is 3.57. The van der Waals surface area contributed by atoms with E-state index in [9.17, 15) is 17.6 Å². The minimum Gasteiger partial charge on any atom is -0.409 e. The summed E-state index contributed by atoms with van der Waals surface area (Å²) in [6, 6.07) is 0.701. The first-order valence-electron chi connectivity index (χ1n) is 3.57. The molecule has 0 aliphatic rings. The smallest absolute Gasteiger partial charge is 0.409 e. The number of hydrogen-bond donors (Lipinski definition) is 2. The SMILES string of the molecule is NC(=NO)c1cc(C(F)(F)F)cc(F)n1. The van der Waals surface area contributed by atoms with Crippen LogP contribution in [0.2, 0.25) is 0 Å². The molecule has 3 N–H and O–H groups in total. The van der Waals surface area contributed by atoms with E-state index in [2.05, 4.69) is 10.1 Å². The number of rotatable bonds is 1. The van der Waals surface area contributed by atoms with E-state index >= 15 is 0 Å². The molecule has 0 aromatic carbocycles. The number of aromatic nitrogens is 1. The third-order valence-electron chi connectivity index (χ3n) is 1.49. The van der Waals surface area contributed by atoms with E-state index < -0.39 is 29.2 Å². The van der Waals surface area contributed by atoms with E-state index in [1.165, 1.54) is 0 Å². The molecule has 0 bridgehead atoms. The van der Waals surface area contributed by atoms with Gasteiger partial charge in [-0.05, 0) is 6.07 Å². The molecule has 1 rings (SSSR count). The van der Waals surface area contributed by atoms with Gasteiger partial charge in [-0.25, -0.2) is 4.98 Å². The Morgan fingerprint density at radius 1 is 1.40 bits per heavy atom. The van der Waals surface area contributed by atoms with Gasteiger partial charge >= 0.3 is 6.18 Å². The summed E-state index contributed by atoms with van der Waals surface area (Å²) >= 11 is 0. The maximum Gasteiger partial charge on any atom is 0.416 e. The van der Waals surface area contributed by atoms with Gasteiger partial charge in [-0.3, -0.25) is 0 Å². The van der Waals surface area contributed by atoms with Crippen molar-refractivity contribution in [3.8, 4) is 0 Å². The Bertz CT molecular complexity index is 402. The summed E-state index contributed by atoms with van der Waals surface area (Å²) < 4.78 is 49.2. The minimum absolute atomic E-state index is 0.216. The lowest BCUT2D eigenvalue weighted by Crippen LogP contribution is -2.18. The van der Waals surface area contributed by atoms with Gasteiger partial charge < -0.3 is 10.9 Å². The van der Waals surface area contributed by atoms with E-state index in [0.717, 1.165) is 0 Å². The van der Waals surface area contributed by atoms with E-state index in [-0.39, 0.29) is 6.07 Å². The summed E-state index contributed by atoms with van der Waals surface area (Å²) in [6.07, 6.45) is -4.71. The molecule has 0 saturated carbocycles. The Kier molecular flexibility index (Phi) is 2.78. The normalized spacial score (nSPS) is 12.9. The molecule has 0 fully saturated rings. The second-order valence-corrected chi connectivity index (χ2v) is 2.55. The summed E-state index contributed by atoms with van der Waals surface area (Å²) in [5.41, 5.74) is 3.15. The molecule has 0 amide bonds. The fraction of sp³-hybridized carbons (Fsp3) is 0.143. The van der Waals surface area contributed by atoms with Crippen LogP contribution in [0.4, 0.5) is 17.6 Å². The van der Waals surface area contributed by atoms with Gasteiger partial charge in [-0.2, -0.15) is 17.6 Å². The van der Waals surface area contributed by atoms with Crippen molar-refractivity contribution in [3.63, 3.8) is 0 Å². The van der Waals surface area contributed by atoms with Crippen LogP contribution in [0.1, 0.15) is 11.3 Å². The molecule has 0 radical (unpaired) electrons. The molecule has 0 unspecified atom stereocenters. The average Bonchev–Trinajstić information content (AvgIpc) is 2.14. The summed E-state index contributed by atoms with van der Waals surface area (Å²) in [4.78, 5) is 3.04. The third kappa shape index (κ3) is 2.55. The second kappa shape index (κ2) is 3.71. The largest absolute Gasteiger partial charge is 0.416 e. The van der Waals surface area contributed by atoms with Crippen LogP contribution in [0, 0.1) is 5.95 Å². The number of nitrogens with zero attached hydrogens (tertiary/aromatic N) is 2. The maximum absolute atomic E-state index is 12.7. The van der Waals surface area contributed by atoms with Crippen molar-refractivity contribution in [2.24, 2.45) is 10.9 Å². The number of pyridine rings is 1. The standard InChI is InChI=1S/C7H5F4N3O/c8-5-2-3(7(9,10)11)1-4(13-5)6(12)14-15/h1-2,15H,(H2,12,14). The van der Waals surface area contributed by atoms with E-state index in [1.807, 2.05) is 0 Å². The Hall–Kier alpha value is -1.86. The number of amidine groups is 1. The Labute approximate surface area is 81.0 Å². The molecule has 0 atom stereocenters. The Morgan fingerprint density at radius 3 is 2.47 bits per heavy atom. The first-order chi connectivity index (χ1) is 6.84. The van der Waals surface area contributed by atoms with Gasteiger partial charge in [0, 0.05) is 6.07 Å². The Morgan fingerprint density at radius 2 is 2.00 bits per heavy atom. The molecule has 82 valence electrons. The molecule has 0 aliphatic carbocycles. The van der Waals surface area contributed by atoms with Crippen molar-refractivity contribution in [1.82, 2.24) is 4.98 Å². The van der Waals surface area contributed by atoms with Crippen molar-refractivity contribution in [2.75, 3.05) is 0 Å². The van der Waals surface area contributed by atoms with Crippen LogP contribution < -0.4 is 5.73 Å². The van der Waals surface area contributed by atoms with Crippen LogP contribution in [0.15, 0.2) is 17.3 Å². The maximum atomic E-state index is 12.7. The van der Waals surface area contributed by atoms with Crippen LogP contribution in [0.5, 0.6) is 0 Å². The summed E-state index contributed by atoms with van der Waals surface area (Å²) in [6.45, 7) is 0. The van der Waals surface area contributed by atoms with Crippen LogP contribution in [0.25, 0.3) is 0 Å². The highest BCUT2D eigenvalue weighted by Crippen LogP contribution is 2.29. The van der Waals surface area contributed by atoms with Crippen LogP contribution in [-0.4, -0.2) is 16.0 Å². The molecule has 15 heavy (non-hydrogen) atoms. The van der Waals surface area contributed by atoms with E-state index in [4.69, 9.17) is 10.9 Å². The van der Waals surface area contributed by atoms with Gasteiger partial charge in [-0.1, -0.05) is 5.16 Å². The molecule has 0 spiro atoms. The quantitative estimate of drug-likeness (QED) is 0.188. The van der Waals surface area contributed by atoms with Gasteiger partial charge in [0.25, 0.3) is 0 Å². The first kappa shape index (κ1) is 11.2. The summed E-state index contributed by atoms with van der Waals surface area (Å²) in [7, 11) is 0. The molecule has 0 saturated heterocycles. The average molecular weight is 223 g/mol. The molecule has 8 heteroatoms. The predicted octanol–water partition coefficient (Wildman–Crippen LogP) is 1.33. The topological polar surface area (TPSA) is 71.5 Å². The molecular formula is C7H5F4N3O. The predicted molar refractivity (Wildman–Crippen MR) is 41.7 cm³/mol. The van der Waals surface area contributed by atoms with Crippen molar-refractivity contribution >= 4 is 5.84 Å². The molecule has 1 aromatic rings. The lowest BCUT2D eigenvalue weighted by atomic mass is 10.2. The lowest BCUT2D eigenvalue weighted by Gasteiger charge is -2.07. The van der Waals surface area contributed by atoms with Crippen LogP contribution >= 0.6 is 0 Å². The van der Waals surface area contributed by atoms with E-state index in [0.29, 0.717) is 6.07 Å². The highest BCUT2D eigenvalue weighted by molar-refractivity contribution is 5.95. The zero-order chi connectivity index (χ0) is 11.6. The fourth-order valence-corrected chi connectivity index (χ4v) is 0.843. The van der Waals surface area contributed by atoms with Crippen LogP contribution in [0.3, 0.4) is 0 Å². The highest BCUT2D eigenvalue weighted by Gasteiger charge is 2.32. The van der Waals surface area contributed by atoms with Gasteiger partial charge in [0.1, 0.15) is 5.69 Å². The lowest BCUT2D eigenvalue weighted by molar-refractivity contribution is -0.137. The molecule has 1 heterocycles. The zero-order valence-corrected chi connectivity index (χ0v) is 7.09. The van der Waals surface area contributed by atoms with Crippen LogP contribution in [-0.2, 0) is 6.18 Å². The van der Waals surface area contributed by atoms with Gasteiger partial charge in [0.15, 0.2) is 5.84 Å². The number of oxime groups is 1. The minimum atomic E-state index is -4.71. The van der Waals surface area contributed by atoms with Crippen molar-refractivity contribution in [2.45, 2.75) is 6.18 Å². The highest BCUT2D eigenvalue weighted by atomic mass is 19.4.